The van der Waals surface area contributed by atoms with Crippen LogP contribution in [-0.4, -0.2) is 31.6 Å². The molecule has 1 fully saturated rings. The van der Waals surface area contributed by atoms with E-state index in [4.69, 9.17) is 10.5 Å². The second-order valence-corrected chi connectivity index (χ2v) is 5.92. The molecular formula is C17H28N2O. The molecule has 0 aromatic heterocycles. The van der Waals surface area contributed by atoms with Gasteiger partial charge in [-0.2, -0.15) is 0 Å². The van der Waals surface area contributed by atoms with Crippen molar-refractivity contribution in [2.24, 2.45) is 11.7 Å². The van der Waals surface area contributed by atoms with Crippen LogP contribution in [0.15, 0.2) is 18.2 Å². The van der Waals surface area contributed by atoms with E-state index in [9.17, 15) is 0 Å². The first kappa shape index (κ1) is 15.3. The number of aryl methyl sites for hydroxylation is 1. The first-order chi connectivity index (χ1) is 9.69. The van der Waals surface area contributed by atoms with Crippen molar-refractivity contribution < 1.29 is 4.74 Å². The fourth-order valence-electron chi connectivity index (χ4n) is 3.39. The number of hydrogen-bond acceptors (Lipinski definition) is 3. The zero-order valence-electron chi connectivity index (χ0n) is 13.1. The van der Waals surface area contributed by atoms with Gasteiger partial charge >= 0.3 is 0 Å². The first-order valence-corrected chi connectivity index (χ1v) is 7.78. The number of rotatable bonds is 6. The Hall–Kier alpha value is -1.06. The molecule has 3 nitrogen and oxygen atoms in total. The molecule has 1 aliphatic rings. The monoisotopic (exact) mass is 276 g/mol. The smallest absolute Gasteiger partial charge is 0.121 e. The molecule has 112 valence electrons. The van der Waals surface area contributed by atoms with E-state index >= 15 is 0 Å². The van der Waals surface area contributed by atoms with E-state index in [1.165, 1.54) is 43.5 Å². The average molecular weight is 276 g/mol. The lowest BCUT2D eigenvalue weighted by Crippen LogP contribution is -2.32. The fraction of sp³-hybridized carbons (Fsp3) is 0.647. The Morgan fingerprint density at radius 1 is 1.45 bits per heavy atom. The SMILES string of the molecule is CCCC1CCN(C(CN)c2ccc(OC)c(C)c2)C1. The van der Waals surface area contributed by atoms with Crippen LogP contribution in [0.2, 0.25) is 0 Å². The minimum Gasteiger partial charge on any atom is -0.496 e. The first-order valence-electron chi connectivity index (χ1n) is 7.78. The second-order valence-electron chi connectivity index (χ2n) is 5.92. The summed E-state index contributed by atoms with van der Waals surface area (Å²) < 4.78 is 5.34. The van der Waals surface area contributed by atoms with Gasteiger partial charge in [-0.15, -0.1) is 0 Å². The second kappa shape index (κ2) is 7.09. The number of hydrogen-bond donors (Lipinski definition) is 1. The third kappa shape index (κ3) is 3.33. The molecule has 1 heterocycles. The van der Waals surface area contributed by atoms with Crippen molar-refractivity contribution in [3.8, 4) is 5.75 Å². The van der Waals surface area contributed by atoms with Gasteiger partial charge < -0.3 is 10.5 Å². The molecule has 1 aromatic rings. The standard InChI is InChI=1S/C17H28N2O/c1-4-5-14-8-9-19(12-14)16(11-18)15-6-7-17(20-3)13(2)10-15/h6-7,10,14,16H,4-5,8-9,11-12,18H2,1-3H3. The Labute approximate surface area is 123 Å². The van der Waals surface area contributed by atoms with Crippen molar-refractivity contribution >= 4 is 0 Å². The van der Waals surface area contributed by atoms with Crippen LogP contribution in [0.5, 0.6) is 5.75 Å². The van der Waals surface area contributed by atoms with Gasteiger partial charge in [-0.1, -0.05) is 25.5 Å². The molecule has 0 bridgehead atoms. The van der Waals surface area contributed by atoms with Crippen LogP contribution in [0.1, 0.15) is 43.4 Å². The zero-order chi connectivity index (χ0) is 14.5. The summed E-state index contributed by atoms with van der Waals surface area (Å²) in [6, 6.07) is 6.80. The number of methoxy groups -OCH3 is 1. The van der Waals surface area contributed by atoms with Crippen molar-refractivity contribution in [2.45, 2.75) is 39.2 Å². The number of likely N-dealkylation sites (tertiary alicyclic amines) is 1. The number of ether oxygens (including phenoxy) is 1. The highest BCUT2D eigenvalue weighted by molar-refractivity contribution is 5.37. The molecule has 3 heteroatoms. The molecule has 0 amide bonds. The van der Waals surface area contributed by atoms with Crippen LogP contribution < -0.4 is 10.5 Å². The van der Waals surface area contributed by atoms with Crippen LogP contribution in [-0.2, 0) is 0 Å². The fourth-order valence-corrected chi connectivity index (χ4v) is 3.39. The lowest BCUT2D eigenvalue weighted by Gasteiger charge is -2.27. The molecule has 2 atom stereocenters. The van der Waals surface area contributed by atoms with E-state index in [0.29, 0.717) is 12.6 Å². The van der Waals surface area contributed by atoms with Crippen molar-refractivity contribution in [1.29, 1.82) is 0 Å². The highest BCUT2D eigenvalue weighted by atomic mass is 16.5. The van der Waals surface area contributed by atoms with E-state index < -0.39 is 0 Å². The number of nitrogens with two attached hydrogens (primary N) is 1. The van der Waals surface area contributed by atoms with E-state index in [1.54, 1.807) is 7.11 Å². The molecule has 2 unspecified atom stereocenters. The maximum atomic E-state index is 6.05. The maximum Gasteiger partial charge on any atom is 0.121 e. The third-order valence-electron chi connectivity index (χ3n) is 4.48. The highest BCUT2D eigenvalue weighted by Crippen LogP contribution is 2.31. The molecule has 0 spiro atoms. The van der Waals surface area contributed by atoms with Gasteiger partial charge in [0, 0.05) is 19.1 Å². The zero-order valence-corrected chi connectivity index (χ0v) is 13.1. The van der Waals surface area contributed by atoms with Crippen molar-refractivity contribution in [2.75, 3.05) is 26.7 Å². The highest BCUT2D eigenvalue weighted by Gasteiger charge is 2.28. The van der Waals surface area contributed by atoms with Gasteiger partial charge in [0.15, 0.2) is 0 Å². The molecule has 0 aliphatic carbocycles. The van der Waals surface area contributed by atoms with Gasteiger partial charge in [-0.05, 0) is 49.4 Å². The predicted octanol–water partition coefficient (Wildman–Crippen LogP) is 3.13. The molecule has 1 aliphatic heterocycles. The Bertz CT molecular complexity index is 433. The minimum absolute atomic E-state index is 0.349. The summed E-state index contributed by atoms with van der Waals surface area (Å²) in [4.78, 5) is 2.56. The van der Waals surface area contributed by atoms with Gasteiger partial charge in [0.25, 0.3) is 0 Å². The van der Waals surface area contributed by atoms with Crippen LogP contribution >= 0.6 is 0 Å². The van der Waals surface area contributed by atoms with Gasteiger partial charge in [0.05, 0.1) is 7.11 Å². The Balaban J connectivity index is 2.10. The molecule has 0 saturated carbocycles. The quantitative estimate of drug-likeness (QED) is 0.867. The van der Waals surface area contributed by atoms with Gasteiger partial charge in [-0.3, -0.25) is 4.90 Å². The summed E-state index contributed by atoms with van der Waals surface area (Å²) in [6.07, 6.45) is 3.95. The van der Waals surface area contributed by atoms with Crippen molar-refractivity contribution in [3.05, 3.63) is 29.3 Å². The topological polar surface area (TPSA) is 38.5 Å². The van der Waals surface area contributed by atoms with E-state index in [0.717, 1.165) is 11.7 Å². The molecule has 20 heavy (non-hydrogen) atoms. The van der Waals surface area contributed by atoms with Crippen LogP contribution in [0.4, 0.5) is 0 Å². The van der Waals surface area contributed by atoms with E-state index in [2.05, 4.69) is 36.9 Å². The van der Waals surface area contributed by atoms with E-state index in [1.807, 2.05) is 0 Å². The summed E-state index contributed by atoms with van der Waals surface area (Å²) in [6.45, 7) is 7.43. The van der Waals surface area contributed by atoms with Gasteiger partial charge in [0.2, 0.25) is 0 Å². The predicted molar refractivity (Wildman–Crippen MR) is 84.1 cm³/mol. The lowest BCUT2D eigenvalue weighted by atomic mass is 10.0. The largest absolute Gasteiger partial charge is 0.496 e. The van der Waals surface area contributed by atoms with Gasteiger partial charge in [0.1, 0.15) is 5.75 Å². The average Bonchev–Trinajstić information content (AvgIpc) is 2.89. The molecule has 2 N–H and O–H groups in total. The van der Waals surface area contributed by atoms with Gasteiger partial charge in [-0.25, -0.2) is 0 Å². The molecule has 0 radical (unpaired) electrons. The summed E-state index contributed by atoms with van der Waals surface area (Å²) in [5, 5.41) is 0. The lowest BCUT2D eigenvalue weighted by molar-refractivity contribution is 0.239. The number of nitrogens with zero attached hydrogens (tertiary/aromatic N) is 1. The van der Waals surface area contributed by atoms with Crippen molar-refractivity contribution in [3.63, 3.8) is 0 Å². The summed E-state index contributed by atoms with van der Waals surface area (Å²) in [5.74, 6) is 1.81. The molecular weight excluding hydrogens is 248 g/mol. The van der Waals surface area contributed by atoms with Crippen LogP contribution in [0.25, 0.3) is 0 Å². The molecule has 1 aromatic carbocycles. The number of benzene rings is 1. The normalized spacial score (nSPS) is 21.1. The molecule has 2 rings (SSSR count). The molecule has 1 saturated heterocycles. The Morgan fingerprint density at radius 3 is 2.85 bits per heavy atom. The van der Waals surface area contributed by atoms with Crippen LogP contribution in [0, 0.1) is 12.8 Å². The van der Waals surface area contributed by atoms with Crippen molar-refractivity contribution in [1.82, 2.24) is 4.90 Å². The Kier molecular flexibility index (Phi) is 5.44. The minimum atomic E-state index is 0.349. The summed E-state index contributed by atoms with van der Waals surface area (Å²) in [7, 11) is 1.72. The van der Waals surface area contributed by atoms with E-state index in [-0.39, 0.29) is 0 Å². The Morgan fingerprint density at radius 2 is 2.25 bits per heavy atom. The third-order valence-corrected chi connectivity index (χ3v) is 4.48. The summed E-state index contributed by atoms with van der Waals surface area (Å²) in [5.41, 5.74) is 8.56. The van der Waals surface area contributed by atoms with Crippen LogP contribution in [0.3, 0.4) is 0 Å². The summed E-state index contributed by atoms with van der Waals surface area (Å²) >= 11 is 0. The maximum absolute atomic E-state index is 6.05.